The third-order valence-electron chi connectivity index (χ3n) is 4.17. The Hall–Kier alpha value is -2.71. The standard InChI is InChI=1S/C17H19N3O5/c1-10-7-13(19-25-10)17(23)18-12-5-3-11(4-6-12)16-14(8-21)20(2)15(22)9-24-16/h3-7,14,16,21H,8-9H2,1-2H3,(H,18,23). The third-order valence-corrected chi connectivity index (χ3v) is 4.17. The molecular formula is C17H19N3O5. The number of amides is 2. The number of morpholine rings is 1. The van der Waals surface area contributed by atoms with Crippen molar-refractivity contribution in [1.82, 2.24) is 10.1 Å². The van der Waals surface area contributed by atoms with Gasteiger partial charge in [-0.1, -0.05) is 17.3 Å². The van der Waals surface area contributed by atoms with Gasteiger partial charge in [-0.15, -0.1) is 0 Å². The topological polar surface area (TPSA) is 105 Å². The Bertz CT molecular complexity index is 771. The van der Waals surface area contributed by atoms with Gasteiger partial charge in [0.1, 0.15) is 18.5 Å². The molecule has 2 amide bonds. The summed E-state index contributed by atoms with van der Waals surface area (Å²) in [5, 5.41) is 16.0. The molecule has 2 unspecified atom stereocenters. The molecule has 0 bridgehead atoms. The smallest absolute Gasteiger partial charge is 0.277 e. The molecule has 2 atom stereocenters. The number of benzene rings is 1. The first-order valence-corrected chi connectivity index (χ1v) is 7.82. The number of anilines is 1. The lowest BCUT2D eigenvalue weighted by Crippen LogP contribution is -2.50. The van der Waals surface area contributed by atoms with Gasteiger partial charge >= 0.3 is 0 Å². The first-order valence-electron chi connectivity index (χ1n) is 7.82. The molecule has 8 heteroatoms. The van der Waals surface area contributed by atoms with Crippen molar-refractivity contribution in [3.8, 4) is 0 Å². The van der Waals surface area contributed by atoms with Gasteiger partial charge in [0.05, 0.1) is 12.6 Å². The van der Waals surface area contributed by atoms with Gasteiger partial charge in [-0.25, -0.2) is 0 Å². The first kappa shape index (κ1) is 17.1. The Morgan fingerprint density at radius 1 is 1.40 bits per heavy atom. The quantitative estimate of drug-likeness (QED) is 0.860. The minimum Gasteiger partial charge on any atom is -0.394 e. The zero-order chi connectivity index (χ0) is 18.0. The summed E-state index contributed by atoms with van der Waals surface area (Å²) in [5.74, 6) is 0.0304. The lowest BCUT2D eigenvalue weighted by atomic mass is 9.99. The second-order valence-electron chi connectivity index (χ2n) is 5.89. The molecule has 25 heavy (non-hydrogen) atoms. The molecule has 2 aromatic rings. The molecule has 2 N–H and O–H groups in total. The van der Waals surface area contributed by atoms with Crippen LogP contribution >= 0.6 is 0 Å². The molecule has 0 aliphatic carbocycles. The number of nitrogens with zero attached hydrogens (tertiary/aromatic N) is 2. The molecule has 3 rings (SSSR count). The lowest BCUT2D eigenvalue weighted by Gasteiger charge is -2.38. The van der Waals surface area contributed by atoms with Crippen LogP contribution in [0.1, 0.15) is 27.9 Å². The fourth-order valence-electron chi connectivity index (χ4n) is 2.72. The second-order valence-corrected chi connectivity index (χ2v) is 5.89. The van der Waals surface area contributed by atoms with E-state index >= 15 is 0 Å². The monoisotopic (exact) mass is 345 g/mol. The van der Waals surface area contributed by atoms with Gasteiger partial charge in [-0.05, 0) is 24.6 Å². The van der Waals surface area contributed by atoms with E-state index in [4.69, 9.17) is 9.26 Å². The molecule has 1 fully saturated rings. The summed E-state index contributed by atoms with van der Waals surface area (Å²) in [6.45, 7) is 1.49. The van der Waals surface area contributed by atoms with Gasteiger partial charge in [-0.2, -0.15) is 0 Å². The average molecular weight is 345 g/mol. The van der Waals surface area contributed by atoms with Crippen molar-refractivity contribution in [2.24, 2.45) is 0 Å². The number of ether oxygens (including phenoxy) is 1. The van der Waals surface area contributed by atoms with Crippen molar-refractivity contribution in [2.75, 3.05) is 25.6 Å². The van der Waals surface area contributed by atoms with Crippen LogP contribution in [0.25, 0.3) is 0 Å². The highest BCUT2D eigenvalue weighted by atomic mass is 16.5. The zero-order valence-electron chi connectivity index (χ0n) is 13.9. The van der Waals surface area contributed by atoms with Crippen molar-refractivity contribution in [1.29, 1.82) is 0 Å². The van der Waals surface area contributed by atoms with Crippen LogP contribution in [0.4, 0.5) is 5.69 Å². The summed E-state index contributed by atoms with van der Waals surface area (Å²) in [5.41, 5.74) is 1.61. The van der Waals surface area contributed by atoms with Crippen molar-refractivity contribution in [3.05, 3.63) is 47.3 Å². The number of rotatable bonds is 4. The van der Waals surface area contributed by atoms with Gasteiger partial charge < -0.3 is 24.6 Å². The van der Waals surface area contributed by atoms with Gasteiger partial charge in [0.25, 0.3) is 5.91 Å². The minimum absolute atomic E-state index is 0.0261. The van der Waals surface area contributed by atoms with E-state index in [0.29, 0.717) is 11.4 Å². The van der Waals surface area contributed by atoms with E-state index in [0.717, 1.165) is 5.56 Å². The summed E-state index contributed by atoms with van der Waals surface area (Å²) in [6.07, 6.45) is -0.421. The molecule has 132 valence electrons. The van der Waals surface area contributed by atoms with Crippen molar-refractivity contribution in [3.63, 3.8) is 0 Å². The number of aryl methyl sites for hydroxylation is 1. The number of nitrogens with one attached hydrogen (secondary N) is 1. The normalized spacial score (nSPS) is 20.6. The van der Waals surface area contributed by atoms with E-state index in [1.54, 1.807) is 44.3 Å². The van der Waals surface area contributed by atoms with Crippen molar-refractivity contribution in [2.45, 2.75) is 19.1 Å². The number of hydrogen-bond acceptors (Lipinski definition) is 6. The maximum Gasteiger partial charge on any atom is 0.277 e. The molecule has 1 aliphatic rings. The molecule has 0 radical (unpaired) electrons. The number of carbonyl (C=O) groups is 2. The van der Waals surface area contributed by atoms with Crippen LogP contribution in [-0.2, 0) is 9.53 Å². The minimum atomic E-state index is -0.445. The largest absolute Gasteiger partial charge is 0.394 e. The van der Waals surface area contributed by atoms with Crippen LogP contribution in [0.5, 0.6) is 0 Å². The average Bonchev–Trinajstić information content (AvgIpc) is 3.04. The summed E-state index contributed by atoms with van der Waals surface area (Å²) < 4.78 is 10.5. The number of carbonyl (C=O) groups excluding carboxylic acids is 2. The molecule has 1 aromatic carbocycles. The van der Waals surface area contributed by atoms with E-state index < -0.39 is 12.1 Å². The molecule has 2 heterocycles. The second kappa shape index (κ2) is 7.04. The van der Waals surface area contributed by atoms with E-state index in [2.05, 4.69) is 10.5 Å². The Morgan fingerprint density at radius 2 is 2.12 bits per heavy atom. The Morgan fingerprint density at radius 3 is 2.72 bits per heavy atom. The van der Waals surface area contributed by atoms with Gasteiger partial charge in [0.15, 0.2) is 5.69 Å². The molecule has 1 saturated heterocycles. The van der Waals surface area contributed by atoms with Gasteiger partial charge in [0, 0.05) is 18.8 Å². The summed E-state index contributed by atoms with van der Waals surface area (Å²) in [6, 6.07) is 8.15. The van der Waals surface area contributed by atoms with E-state index in [1.165, 1.54) is 4.90 Å². The van der Waals surface area contributed by atoms with Gasteiger partial charge in [-0.3, -0.25) is 9.59 Å². The molecule has 8 nitrogen and oxygen atoms in total. The highest BCUT2D eigenvalue weighted by molar-refractivity contribution is 6.02. The first-order chi connectivity index (χ1) is 12.0. The van der Waals surface area contributed by atoms with Crippen LogP contribution in [0.15, 0.2) is 34.9 Å². The highest BCUT2D eigenvalue weighted by Crippen LogP contribution is 2.29. The number of aromatic nitrogens is 1. The highest BCUT2D eigenvalue weighted by Gasteiger charge is 2.34. The van der Waals surface area contributed by atoms with E-state index in [-0.39, 0.29) is 30.7 Å². The number of aliphatic hydroxyl groups excluding tert-OH is 1. The van der Waals surface area contributed by atoms with Crippen LogP contribution < -0.4 is 5.32 Å². The molecule has 1 aliphatic heterocycles. The zero-order valence-corrected chi connectivity index (χ0v) is 13.9. The van der Waals surface area contributed by atoms with Crippen LogP contribution in [-0.4, -0.2) is 53.3 Å². The van der Waals surface area contributed by atoms with Crippen LogP contribution in [0.3, 0.4) is 0 Å². The van der Waals surface area contributed by atoms with Crippen molar-refractivity contribution >= 4 is 17.5 Å². The summed E-state index contributed by atoms with van der Waals surface area (Å²) >= 11 is 0. The fourth-order valence-corrected chi connectivity index (χ4v) is 2.72. The molecule has 1 aromatic heterocycles. The number of aliphatic hydroxyl groups is 1. The van der Waals surface area contributed by atoms with E-state index in [9.17, 15) is 14.7 Å². The summed E-state index contributed by atoms with van der Waals surface area (Å²) in [7, 11) is 1.65. The van der Waals surface area contributed by atoms with Crippen LogP contribution in [0, 0.1) is 6.92 Å². The number of likely N-dealkylation sites (N-methyl/N-ethyl adjacent to an activating group) is 1. The predicted octanol–water partition coefficient (Wildman–Crippen LogP) is 1.13. The molecule has 0 spiro atoms. The van der Waals surface area contributed by atoms with E-state index in [1.807, 2.05) is 0 Å². The number of hydrogen-bond donors (Lipinski definition) is 2. The SMILES string of the molecule is Cc1cc(C(=O)Nc2ccc(C3OCC(=O)N(C)C3CO)cc2)no1. The lowest BCUT2D eigenvalue weighted by molar-refractivity contribution is -0.157. The fraction of sp³-hybridized carbons (Fsp3) is 0.353. The molecule has 0 saturated carbocycles. The predicted molar refractivity (Wildman–Crippen MR) is 88.0 cm³/mol. The van der Waals surface area contributed by atoms with Crippen LogP contribution in [0.2, 0.25) is 0 Å². The Balaban J connectivity index is 1.71. The summed E-state index contributed by atoms with van der Waals surface area (Å²) in [4.78, 5) is 25.2. The Kier molecular flexibility index (Phi) is 4.82. The third kappa shape index (κ3) is 3.54. The maximum absolute atomic E-state index is 12.1. The van der Waals surface area contributed by atoms with Gasteiger partial charge in [0.2, 0.25) is 5.91 Å². The Labute approximate surface area is 144 Å². The maximum atomic E-state index is 12.1. The van der Waals surface area contributed by atoms with Crippen molar-refractivity contribution < 1.29 is 24.0 Å². The molecular weight excluding hydrogens is 326 g/mol.